The Morgan fingerprint density at radius 3 is 2.27 bits per heavy atom. The van der Waals surface area contributed by atoms with Gasteiger partial charge in [-0.2, -0.15) is 0 Å². The number of hydrogen-bond acceptors (Lipinski definition) is 3. The van der Waals surface area contributed by atoms with Crippen LogP contribution in [0, 0.1) is 0 Å². The summed E-state index contributed by atoms with van der Waals surface area (Å²) in [4.78, 5) is 22.9. The number of benzene rings is 1. The van der Waals surface area contributed by atoms with Crippen molar-refractivity contribution in [3.63, 3.8) is 0 Å². The normalized spacial score (nSPS) is 17.5. The van der Waals surface area contributed by atoms with Crippen LogP contribution in [0.1, 0.15) is 55.8 Å². The summed E-state index contributed by atoms with van der Waals surface area (Å²) in [7, 11) is 0. The fourth-order valence-corrected chi connectivity index (χ4v) is 2.67. The van der Waals surface area contributed by atoms with E-state index in [-0.39, 0.29) is 17.6 Å². The number of carbonyl (C=O) groups excluding carboxylic acids is 1. The van der Waals surface area contributed by atoms with Gasteiger partial charge in [-0.05, 0) is 44.0 Å². The van der Waals surface area contributed by atoms with Crippen LogP contribution in [0.2, 0.25) is 0 Å². The minimum absolute atomic E-state index is 0.164. The molecule has 1 aliphatic rings. The molecule has 1 unspecified atom stereocenters. The second kappa shape index (κ2) is 7.94. The third-order valence-corrected chi connectivity index (χ3v) is 3.97. The predicted octanol–water partition coefficient (Wildman–Crippen LogP) is 3.45. The standard InChI is InChI=1S/C17H23NO4/c1-12(22-15-6-4-2-3-5-7-15)16(19)18-14-10-8-13(9-11-14)17(20)21/h8-12,15H,2-7H2,1H3,(H,18,19)(H,20,21). The minimum atomic E-state index is -0.983. The third kappa shape index (κ3) is 4.84. The number of carbonyl (C=O) groups is 2. The van der Waals surface area contributed by atoms with Gasteiger partial charge in [0.05, 0.1) is 11.7 Å². The second-order valence-corrected chi connectivity index (χ2v) is 5.76. The van der Waals surface area contributed by atoms with Crippen LogP contribution in [0.5, 0.6) is 0 Å². The van der Waals surface area contributed by atoms with Crippen LogP contribution in [0.15, 0.2) is 24.3 Å². The molecule has 0 bridgehead atoms. The smallest absolute Gasteiger partial charge is 0.335 e. The SMILES string of the molecule is CC(OC1CCCCCC1)C(=O)Nc1ccc(C(=O)O)cc1. The zero-order chi connectivity index (χ0) is 15.9. The molecule has 1 aromatic rings. The van der Waals surface area contributed by atoms with Crippen molar-refractivity contribution >= 4 is 17.6 Å². The van der Waals surface area contributed by atoms with E-state index in [2.05, 4.69) is 5.32 Å². The summed E-state index contributed by atoms with van der Waals surface area (Å²) in [5.41, 5.74) is 0.770. The first kappa shape index (κ1) is 16.5. The average Bonchev–Trinajstić information content (AvgIpc) is 2.76. The Kier molecular flexibility index (Phi) is 5.95. The average molecular weight is 305 g/mol. The molecule has 1 aliphatic carbocycles. The molecule has 2 rings (SSSR count). The fourth-order valence-electron chi connectivity index (χ4n) is 2.67. The summed E-state index contributed by atoms with van der Waals surface area (Å²) < 4.78 is 5.86. The Morgan fingerprint density at radius 2 is 1.73 bits per heavy atom. The van der Waals surface area contributed by atoms with E-state index in [0.29, 0.717) is 5.69 Å². The van der Waals surface area contributed by atoms with Crippen LogP contribution in [-0.2, 0) is 9.53 Å². The molecule has 0 radical (unpaired) electrons. The van der Waals surface area contributed by atoms with Crippen LogP contribution >= 0.6 is 0 Å². The van der Waals surface area contributed by atoms with Gasteiger partial charge in [0, 0.05) is 5.69 Å². The van der Waals surface area contributed by atoms with Crippen molar-refractivity contribution in [2.45, 2.75) is 57.7 Å². The lowest BCUT2D eigenvalue weighted by molar-refractivity contribution is -0.130. The van der Waals surface area contributed by atoms with Gasteiger partial charge in [-0.25, -0.2) is 4.79 Å². The number of carboxylic acids is 1. The molecule has 0 saturated heterocycles. The quantitative estimate of drug-likeness (QED) is 0.817. The van der Waals surface area contributed by atoms with Crippen molar-refractivity contribution in [2.75, 3.05) is 5.32 Å². The molecule has 1 saturated carbocycles. The molecule has 1 amide bonds. The lowest BCUT2D eigenvalue weighted by Crippen LogP contribution is -2.31. The highest BCUT2D eigenvalue weighted by molar-refractivity contribution is 5.94. The van der Waals surface area contributed by atoms with Crippen molar-refractivity contribution < 1.29 is 19.4 Å². The Balaban J connectivity index is 1.86. The fraction of sp³-hybridized carbons (Fsp3) is 0.529. The van der Waals surface area contributed by atoms with E-state index in [1.807, 2.05) is 0 Å². The third-order valence-electron chi connectivity index (χ3n) is 3.97. The lowest BCUT2D eigenvalue weighted by atomic mass is 10.1. The van der Waals surface area contributed by atoms with E-state index in [4.69, 9.17) is 9.84 Å². The van der Waals surface area contributed by atoms with Crippen molar-refractivity contribution in [1.29, 1.82) is 0 Å². The summed E-state index contributed by atoms with van der Waals surface area (Å²) >= 11 is 0. The maximum absolute atomic E-state index is 12.1. The molecular weight excluding hydrogens is 282 g/mol. The number of aromatic carboxylic acids is 1. The molecule has 0 aromatic heterocycles. The van der Waals surface area contributed by atoms with Gasteiger partial charge < -0.3 is 15.2 Å². The summed E-state index contributed by atoms with van der Waals surface area (Å²) in [6, 6.07) is 6.10. The molecule has 1 atom stereocenters. The van der Waals surface area contributed by atoms with Gasteiger partial charge in [0.25, 0.3) is 5.91 Å². The molecule has 5 heteroatoms. The highest BCUT2D eigenvalue weighted by Gasteiger charge is 2.20. The second-order valence-electron chi connectivity index (χ2n) is 5.76. The largest absolute Gasteiger partial charge is 0.478 e. The zero-order valence-corrected chi connectivity index (χ0v) is 12.9. The maximum atomic E-state index is 12.1. The van der Waals surface area contributed by atoms with Gasteiger partial charge in [-0.3, -0.25) is 4.79 Å². The number of amides is 1. The molecule has 0 aliphatic heterocycles. The van der Waals surface area contributed by atoms with Crippen LogP contribution in [0.4, 0.5) is 5.69 Å². The predicted molar refractivity (Wildman–Crippen MR) is 84.1 cm³/mol. The van der Waals surface area contributed by atoms with E-state index < -0.39 is 12.1 Å². The minimum Gasteiger partial charge on any atom is -0.478 e. The molecular formula is C17H23NO4. The summed E-state index contributed by atoms with van der Waals surface area (Å²) in [6.45, 7) is 1.76. The van der Waals surface area contributed by atoms with Crippen molar-refractivity contribution in [3.8, 4) is 0 Å². The van der Waals surface area contributed by atoms with Gasteiger partial charge in [-0.1, -0.05) is 25.7 Å². The number of hydrogen-bond donors (Lipinski definition) is 2. The highest BCUT2D eigenvalue weighted by Crippen LogP contribution is 2.21. The maximum Gasteiger partial charge on any atom is 0.335 e. The van der Waals surface area contributed by atoms with Crippen molar-refractivity contribution in [1.82, 2.24) is 0 Å². The number of carboxylic acid groups (broad SMARTS) is 1. The Labute approximate surface area is 130 Å². The summed E-state index contributed by atoms with van der Waals surface area (Å²) in [5, 5.41) is 11.6. The first-order valence-corrected chi connectivity index (χ1v) is 7.86. The van der Waals surface area contributed by atoms with E-state index >= 15 is 0 Å². The van der Waals surface area contributed by atoms with Crippen molar-refractivity contribution in [2.24, 2.45) is 0 Å². The first-order valence-electron chi connectivity index (χ1n) is 7.86. The van der Waals surface area contributed by atoms with E-state index in [1.165, 1.54) is 25.0 Å². The van der Waals surface area contributed by atoms with Gasteiger partial charge in [0.15, 0.2) is 0 Å². The van der Waals surface area contributed by atoms with Gasteiger partial charge in [0.2, 0.25) is 0 Å². The number of nitrogens with one attached hydrogen (secondary N) is 1. The van der Waals surface area contributed by atoms with Crippen molar-refractivity contribution in [3.05, 3.63) is 29.8 Å². The molecule has 0 heterocycles. The van der Waals surface area contributed by atoms with Crippen LogP contribution < -0.4 is 5.32 Å². The van der Waals surface area contributed by atoms with E-state index in [9.17, 15) is 9.59 Å². The molecule has 1 fully saturated rings. The number of ether oxygens (including phenoxy) is 1. The Bertz CT molecular complexity index is 504. The van der Waals surface area contributed by atoms with Crippen LogP contribution in [0.25, 0.3) is 0 Å². The lowest BCUT2D eigenvalue weighted by Gasteiger charge is -2.20. The highest BCUT2D eigenvalue weighted by atomic mass is 16.5. The Morgan fingerprint density at radius 1 is 1.14 bits per heavy atom. The number of anilines is 1. The van der Waals surface area contributed by atoms with Crippen LogP contribution in [0.3, 0.4) is 0 Å². The molecule has 1 aromatic carbocycles. The van der Waals surface area contributed by atoms with Gasteiger partial charge in [0.1, 0.15) is 6.10 Å². The summed E-state index contributed by atoms with van der Waals surface area (Å²) in [6.07, 6.45) is 6.51. The topological polar surface area (TPSA) is 75.6 Å². The van der Waals surface area contributed by atoms with Gasteiger partial charge >= 0.3 is 5.97 Å². The molecule has 2 N–H and O–H groups in total. The Hall–Kier alpha value is -1.88. The molecule has 22 heavy (non-hydrogen) atoms. The van der Waals surface area contributed by atoms with E-state index in [0.717, 1.165) is 25.7 Å². The monoisotopic (exact) mass is 305 g/mol. The van der Waals surface area contributed by atoms with Crippen LogP contribution in [-0.4, -0.2) is 29.2 Å². The number of rotatable bonds is 5. The zero-order valence-electron chi connectivity index (χ0n) is 12.9. The first-order chi connectivity index (χ1) is 10.6. The van der Waals surface area contributed by atoms with E-state index in [1.54, 1.807) is 19.1 Å². The molecule has 120 valence electrons. The molecule has 5 nitrogen and oxygen atoms in total. The summed E-state index contributed by atoms with van der Waals surface area (Å²) in [5.74, 6) is -1.18. The van der Waals surface area contributed by atoms with Gasteiger partial charge in [-0.15, -0.1) is 0 Å². The molecule has 0 spiro atoms.